The molecule has 0 unspecified atom stereocenters. The zero-order chi connectivity index (χ0) is 19.3. The Kier molecular flexibility index (Phi) is 5.74. The molecule has 0 aliphatic carbocycles. The molecule has 10 heteroatoms. The largest absolute Gasteiger partial charge is 0.477 e. The van der Waals surface area contributed by atoms with E-state index in [4.69, 9.17) is 15.7 Å². The van der Waals surface area contributed by atoms with Crippen LogP contribution in [-0.2, 0) is 16.4 Å². The van der Waals surface area contributed by atoms with E-state index in [1.165, 1.54) is 18.3 Å². The van der Waals surface area contributed by atoms with Crippen LogP contribution in [0.25, 0.3) is 0 Å². The average molecular weight is 375 g/mol. The van der Waals surface area contributed by atoms with Gasteiger partial charge in [0.05, 0.1) is 12.3 Å². The molecular formula is C16H17N5O4S. The molecule has 26 heavy (non-hydrogen) atoms. The molecule has 0 spiro atoms. The number of hydrogen-bond donors (Lipinski definition) is 2. The Hall–Kier alpha value is -3.19. The summed E-state index contributed by atoms with van der Waals surface area (Å²) >= 11 is 0. The van der Waals surface area contributed by atoms with Crippen LogP contribution in [-0.4, -0.2) is 37.2 Å². The third-order valence-corrected chi connectivity index (χ3v) is 4.27. The summed E-state index contributed by atoms with van der Waals surface area (Å²) in [4.78, 5) is 20.1. The summed E-state index contributed by atoms with van der Waals surface area (Å²) in [5, 5.41) is 11.7. The smallest absolute Gasteiger partial charge is 0.270 e. The molecule has 0 atom stereocenters. The predicted octanol–water partition coefficient (Wildman–Crippen LogP) is 0.663. The molecule has 9 nitrogen and oxygen atoms in total. The quantitative estimate of drug-likeness (QED) is 0.748. The first-order chi connectivity index (χ1) is 12.3. The second-order valence-corrected chi connectivity index (χ2v) is 7.24. The van der Waals surface area contributed by atoms with Crippen LogP contribution in [0.1, 0.15) is 28.5 Å². The second-order valence-electron chi connectivity index (χ2n) is 5.28. The normalized spacial score (nSPS) is 10.8. The molecule has 0 aromatic carbocycles. The maximum atomic E-state index is 12.3. The van der Waals surface area contributed by atoms with Crippen LogP contribution in [0.5, 0.6) is 5.88 Å². The lowest BCUT2D eigenvalue weighted by Gasteiger charge is -2.10. The minimum Gasteiger partial charge on any atom is -0.477 e. The fourth-order valence-corrected chi connectivity index (χ4v) is 2.58. The van der Waals surface area contributed by atoms with Crippen molar-refractivity contribution in [3.8, 4) is 11.9 Å². The van der Waals surface area contributed by atoms with Gasteiger partial charge in [0.15, 0.2) is 14.9 Å². The number of nitrogens with zero attached hydrogens (tertiary/aromatic N) is 3. The first-order valence-corrected chi connectivity index (χ1v) is 9.42. The van der Waals surface area contributed by atoms with Gasteiger partial charge in [-0.3, -0.25) is 4.79 Å². The van der Waals surface area contributed by atoms with Crippen molar-refractivity contribution in [2.24, 2.45) is 0 Å². The van der Waals surface area contributed by atoms with E-state index in [0.717, 1.165) is 6.26 Å². The van der Waals surface area contributed by atoms with Gasteiger partial charge in [-0.2, -0.15) is 5.26 Å². The third kappa shape index (κ3) is 4.46. The van der Waals surface area contributed by atoms with Gasteiger partial charge in [0.2, 0.25) is 5.88 Å². The summed E-state index contributed by atoms with van der Waals surface area (Å²) in [5.41, 5.74) is 6.56. The third-order valence-electron chi connectivity index (χ3n) is 3.27. The lowest BCUT2D eigenvalue weighted by molar-refractivity contribution is 0.0944. The maximum Gasteiger partial charge on any atom is 0.270 e. The molecule has 0 fully saturated rings. The van der Waals surface area contributed by atoms with Crippen molar-refractivity contribution in [1.82, 2.24) is 15.3 Å². The summed E-state index contributed by atoms with van der Waals surface area (Å²) in [5.74, 6) is -0.520. The van der Waals surface area contributed by atoms with Crippen LogP contribution in [0, 0.1) is 11.3 Å². The summed E-state index contributed by atoms with van der Waals surface area (Å²) in [7, 11) is -3.38. The van der Waals surface area contributed by atoms with Gasteiger partial charge in [-0.15, -0.1) is 0 Å². The number of rotatable bonds is 6. The Morgan fingerprint density at radius 3 is 2.69 bits per heavy atom. The van der Waals surface area contributed by atoms with E-state index in [0.29, 0.717) is 5.56 Å². The lowest BCUT2D eigenvalue weighted by Crippen LogP contribution is -2.24. The highest BCUT2D eigenvalue weighted by molar-refractivity contribution is 7.90. The molecule has 1 amide bonds. The average Bonchev–Trinajstić information content (AvgIpc) is 2.59. The fourth-order valence-electron chi connectivity index (χ4n) is 2.02. The second kappa shape index (κ2) is 7.79. The van der Waals surface area contributed by atoms with Crippen molar-refractivity contribution in [2.75, 3.05) is 18.6 Å². The van der Waals surface area contributed by atoms with Gasteiger partial charge in [0, 0.05) is 19.0 Å². The topological polar surface area (TPSA) is 148 Å². The van der Waals surface area contributed by atoms with Crippen LogP contribution in [0.2, 0.25) is 0 Å². The Labute approximate surface area is 150 Å². The molecule has 2 rings (SSSR count). The van der Waals surface area contributed by atoms with E-state index in [2.05, 4.69) is 15.3 Å². The number of nitrogen functional groups attached to an aromatic ring is 1. The molecule has 0 radical (unpaired) electrons. The van der Waals surface area contributed by atoms with E-state index < -0.39 is 15.7 Å². The SMILES string of the molecule is CCOc1nc(C(=O)NCc2ccc(S(C)(=O)=O)nc2)cc(N)c1C#N. The molecule has 0 aliphatic rings. The highest BCUT2D eigenvalue weighted by Crippen LogP contribution is 2.22. The Balaban J connectivity index is 2.14. The molecule has 0 saturated heterocycles. The first-order valence-electron chi connectivity index (χ1n) is 7.52. The molecule has 0 bridgehead atoms. The Morgan fingerprint density at radius 1 is 1.42 bits per heavy atom. The van der Waals surface area contributed by atoms with E-state index >= 15 is 0 Å². The summed E-state index contributed by atoms with van der Waals surface area (Å²) in [6, 6.07) is 6.10. The van der Waals surface area contributed by atoms with Crippen LogP contribution in [0.15, 0.2) is 29.4 Å². The number of carbonyl (C=O) groups excluding carboxylic acids is 1. The van der Waals surface area contributed by atoms with Crippen molar-refractivity contribution in [2.45, 2.75) is 18.5 Å². The summed E-state index contributed by atoms with van der Waals surface area (Å²) < 4.78 is 28.0. The Morgan fingerprint density at radius 2 is 2.15 bits per heavy atom. The number of sulfone groups is 1. The van der Waals surface area contributed by atoms with Crippen LogP contribution in [0.4, 0.5) is 5.69 Å². The molecule has 2 aromatic rings. The van der Waals surface area contributed by atoms with E-state index in [1.807, 2.05) is 6.07 Å². The zero-order valence-corrected chi connectivity index (χ0v) is 15.0. The van der Waals surface area contributed by atoms with Gasteiger partial charge < -0.3 is 15.8 Å². The Bertz CT molecular complexity index is 965. The number of hydrogen-bond acceptors (Lipinski definition) is 8. The highest BCUT2D eigenvalue weighted by Gasteiger charge is 2.16. The number of pyridine rings is 2. The first kappa shape index (κ1) is 19.1. The summed E-state index contributed by atoms with van der Waals surface area (Å²) in [6.45, 7) is 2.10. The number of anilines is 1. The molecular weight excluding hydrogens is 358 g/mol. The number of nitrogens with one attached hydrogen (secondary N) is 1. The van der Waals surface area contributed by atoms with Gasteiger partial charge in [-0.05, 0) is 24.6 Å². The molecule has 2 heterocycles. The van der Waals surface area contributed by atoms with Crippen LogP contribution < -0.4 is 15.8 Å². The van der Waals surface area contributed by atoms with E-state index in [9.17, 15) is 13.2 Å². The van der Waals surface area contributed by atoms with Crippen molar-refractivity contribution < 1.29 is 17.9 Å². The molecule has 3 N–H and O–H groups in total. The van der Waals surface area contributed by atoms with Gasteiger partial charge in [0.25, 0.3) is 5.91 Å². The van der Waals surface area contributed by atoms with Crippen LogP contribution >= 0.6 is 0 Å². The van der Waals surface area contributed by atoms with Gasteiger partial charge >= 0.3 is 0 Å². The predicted molar refractivity (Wildman–Crippen MR) is 93.1 cm³/mol. The van der Waals surface area contributed by atoms with Crippen molar-refractivity contribution in [3.63, 3.8) is 0 Å². The number of ether oxygens (including phenoxy) is 1. The van der Waals surface area contributed by atoms with Gasteiger partial charge in [-0.25, -0.2) is 18.4 Å². The monoisotopic (exact) mass is 375 g/mol. The van der Waals surface area contributed by atoms with E-state index in [1.54, 1.807) is 13.0 Å². The van der Waals surface area contributed by atoms with Gasteiger partial charge in [-0.1, -0.05) is 6.07 Å². The van der Waals surface area contributed by atoms with Crippen LogP contribution in [0.3, 0.4) is 0 Å². The minimum absolute atomic E-state index is 0.000628. The number of carbonyl (C=O) groups is 1. The fraction of sp³-hybridized carbons (Fsp3) is 0.250. The number of nitriles is 1. The lowest BCUT2D eigenvalue weighted by atomic mass is 10.2. The summed E-state index contributed by atoms with van der Waals surface area (Å²) in [6.07, 6.45) is 2.43. The molecule has 136 valence electrons. The highest BCUT2D eigenvalue weighted by atomic mass is 32.2. The van der Waals surface area contributed by atoms with Crippen molar-refractivity contribution in [3.05, 3.63) is 41.2 Å². The van der Waals surface area contributed by atoms with E-state index in [-0.39, 0.29) is 41.0 Å². The zero-order valence-electron chi connectivity index (χ0n) is 14.2. The number of aromatic nitrogens is 2. The standard InChI is InChI=1S/C16H17N5O4S/c1-3-25-16-11(7-17)12(18)6-13(21-16)15(22)20-9-10-4-5-14(19-8-10)26(2,23)24/h4-6,8H,3,9H2,1-2H3,(H2,18,21)(H,20,22). The molecule has 0 saturated carbocycles. The maximum absolute atomic E-state index is 12.3. The van der Waals surface area contributed by atoms with Gasteiger partial charge in [0.1, 0.15) is 17.3 Å². The number of amides is 1. The minimum atomic E-state index is -3.38. The van der Waals surface area contributed by atoms with Crippen molar-refractivity contribution >= 4 is 21.4 Å². The molecule has 0 aliphatic heterocycles. The van der Waals surface area contributed by atoms with Crippen molar-refractivity contribution in [1.29, 1.82) is 5.26 Å². The number of nitrogens with two attached hydrogens (primary N) is 1. The molecule has 2 aromatic heterocycles.